The SMILES string of the molecule is CCCCOC(=O)c1cc(S(=O)(=O)Cl)ccc1Cl. The van der Waals surface area contributed by atoms with Crippen LogP contribution < -0.4 is 0 Å². The van der Waals surface area contributed by atoms with Crippen molar-refractivity contribution >= 4 is 37.3 Å². The van der Waals surface area contributed by atoms with Gasteiger partial charge in [-0.25, -0.2) is 13.2 Å². The lowest BCUT2D eigenvalue weighted by atomic mass is 10.2. The third-order valence-electron chi connectivity index (χ3n) is 2.17. The van der Waals surface area contributed by atoms with Gasteiger partial charge in [-0.2, -0.15) is 0 Å². The second-order valence-electron chi connectivity index (χ2n) is 3.57. The molecule has 0 N–H and O–H groups in total. The van der Waals surface area contributed by atoms with Crippen molar-refractivity contribution in [3.63, 3.8) is 0 Å². The molecule has 18 heavy (non-hydrogen) atoms. The maximum Gasteiger partial charge on any atom is 0.339 e. The summed E-state index contributed by atoms with van der Waals surface area (Å²) in [7, 11) is 1.30. The molecule has 0 aliphatic heterocycles. The third-order valence-corrected chi connectivity index (χ3v) is 3.85. The van der Waals surface area contributed by atoms with Crippen LogP contribution in [0.1, 0.15) is 30.1 Å². The van der Waals surface area contributed by atoms with Crippen LogP contribution in [-0.4, -0.2) is 21.0 Å². The highest BCUT2D eigenvalue weighted by molar-refractivity contribution is 8.13. The number of hydrogen-bond acceptors (Lipinski definition) is 4. The molecule has 0 fully saturated rings. The Morgan fingerprint density at radius 3 is 2.61 bits per heavy atom. The smallest absolute Gasteiger partial charge is 0.339 e. The standard InChI is InChI=1S/C11H12Cl2O4S/c1-2-3-6-17-11(14)9-7-8(18(13,15)16)4-5-10(9)12/h4-5,7H,2-3,6H2,1H3. The van der Waals surface area contributed by atoms with Crippen molar-refractivity contribution in [1.29, 1.82) is 0 Å². The molecule has 0 aromatic heterocycles. The summed E-state index contributed by atoms with van der Waals surface area (Å²) in [6.07, 6.45) is 1.62. The van der Waals surface area contributed by atoms with E-state index in [-0.39, 0.29) is 22.1 Å². The number of carbonyl (C=O) groups excluding carboxylic acids is 1. The van der Waals surface area contributed by atoms with Crippen LogP contribution in [0, 0.1) is 0 Å². The first kappa shape index (κ1) is 15.3. The molecule has 1 rings (SSSR count). The number of benzene rings is 1. The molecule has 1 aromatic carbocycles. The van der Waals surface area contributed by atoms with Crippen LogP contribution in [-0.2, 0) is 13.8 Å². The minimum Gasteiger partial charge on any atom is -0.462 e. The van der Waals surface area contributed by atoms with Gasteiger partial charge in [-0.3, -0.25) is 0 Å². The summed E-state index contributed by atoms with van der Waals surface area (Å²) in [4.78, 5) is 11.5. The number of halogens is 2. The van der Waals surface area contributed by atoms with Crippen LogP contribution in [0.15, 0.2) is 23.1 Å². The Morgan fingerprint density at radius 2 is 2.06 bits per heavy atom. The Kier molecular flexibility index (Phi) is 5.44. The number of esters is 1. The van der Waals surface area contributed by atoms with E-state index >= 15 is 0 Å². The normalized spacial score (nSPS) is 11.3. The van der Waals surface area contributed by atoms with Crippen LogP contribution in [0.4, 0.5) is 0 Å². The van der Waals surface area contributed by atoms with Crippen molar-refractivity contribution in [3.05, 3.63) is 28.8 Å². The Morgan fingerprint density at radius 1 is 1.39 bits per heavy atom. The molecule has 1 aromatic rings. The first-order valence-corrected chi connectivity index (χ1v) is 7.96. The number of carbonyl (C=O) groups is 1. The molecule has 0 radical (unpaired) electrons. The molecule has 100 valence electrons. The predicted octanol–water partition coefficient (Wildman–Crippen LogP) is 3.22. The average molecular weight is 311 g/mol. The summed E-state index contributed by atoms with van der Waals surface area (Å²) >= 11 is 5.82. The lowest BCUT2D eigenvalue weighted by Crippen LogP contribution is -2.08. The molecule has 0 aliphatic rings. The molecule has 0 spiro atoms. The van der Waals surface area contributed by atoms with Gasteiger partial charge in [-0.1, -0.05) is 24.9 Å². The molecule has 0 aliphatic carbocycles. The van der Waals surface area contributed by atoms with Gasteiger partial charge >= 0.3 is 5.97 Å². The third kappa shape index (κ3) is 4.15. The van der Waals surface area contributed by atoms with E-state index in [9.17, 15) is 13.2 Å². The predicted molar refractivity (Wildman–Crippen MR) is 69.7 cm³/mol. The molecule has 0 saturated heterocycles. The molecule has 0 atom stereocenters. The van der Waals surface area contributed by atoms with Crippen molar-refractivity contribution in [1.82, 2.24) is 0 Å². The average Bonchev–Trinajstić information content (AvgIpc) is 2.28. The fourth-order valence-electron chi connectivity index (χ4n) is 1.20. The molecule has 0 saturated carbocycles. The monoisotopic (exact) mass is 310 g/mol. The Bertz CT molecular complexity index is 540. The number of ether oxygens (including phenoxy) is 1. The molecular formula is C11H12Cl2O4S. The van der Waals surface area contributed by atoms with Crippen LogP contribution in [0.2, 0.25) is 5.02 Å². The lowest BCUT2D eigenvalue weighted by Gasteiger charge is -2.06. The molecule has 0 unspecified atom stereocenters. The molecule has 7 heteroatoms. The number of unbranched alkanes of at least 4 members (excludes halogenated alkanes) is 1. The Hall–Kier alpha value is -0.780. The highest BCUT2D eigenvalue weighted by Gasteiger charge is 2.17. The zero-order chi connectivity index (χ0) is 13.8. The van der Waals surface area contributed by atoms with Crippen LogP contribution in [0.25, 0.3) is 0 Å². The van der Waals surface area contributed by atoms with Crippen LogP contribution in [0.3, 0.4) is 0 Å². The summed E-state index contributed by atoms with van der Waals surface area (Å²) in [5, 5.41) is 0.126. The van der Waals surface area contributed by atoms with E-state index in [1.807, 2.05) is 6.92 Å². The molecule has 0 bridgehead atoms. The summed E-state index contributed by atoms with van der Waals surface area (Å²) in [6.45, 7) is 2.23. The van der Waals surface area contributed by atoms with Gasteiger partial charge in [0.05, 0.1) is 22.1 Å². The molecular weight excluding hydrogens is 299 g/mol. The fourth-order valence-corrected chi connectivity index (χ4v) is 2.17. The van der Waals surface area contributed by atoms with E-state index in [1.165, 1.54) is 12.1 Å². The quantitative estimate of drug-likeness (QED) is 0.476. The van der Waals surface area contributed by atoms with E-state index < -0.39 is 15.0 Å². The van der Waals surface area contributed by atoms with Crippen molar-refractivity contribution < 1.29 is 17.9 Å². The zero-order valence-corrected chi connectivity index (χ0v) is 12.0. The summed E-state index contributed by atoms with van der Waals surface area (Å²) < 4.78 is 27.3. The van der Waals surface area contributed by atoms with E-state index in [4.69, 9.17) is 27.0 Å². The maximum atomic E-state index is 11.7. The minimum atomic E-state index is -3.89. The Labute approximate surface area is 115 Å². The van der Waals surface area contributed by atoms with E-state index in [1.54, 1.807) is 0 Å². The minimum absolute atomic E-state index is 0.00510. The van der Waals surface area contributed by atoms with Gasteiger partial charge in [0, 0.05) is 10.7 Å². The second-order valence-corrected chi connectivity index (χ2v) is 6.54. The van der Waals surface area contributed by atoms with Gasteiger partial charge in [0.1, 0.15) is 0 Å². The van der Waals surface area contributed by atoms with Crippen molar-refractivity contribution in [2.75, 3.05) is 6.61 Å². The van der Waals surface area contributed by atoms with Crippen LogP contribution >= 0.6 is 22.3 Å². The van der Waals surface area contributed by atoms with Crippen LogP contribution in [0.5, 0.6) is 0 Å². The van der Waals surface area contributed by atoms with Gasteiger partial charge in [0.15, 0.2) is 0 Å². The largest absolute Gasteiger partial charge is 0.462 e. The number of hydrogen-bond donors (Lipinski definition) is 0. The molecule has 0 amide bonds. The first-order chi connectivity index (χ1) is 8.36. The first-order valence-electron chi connectivity index (χ1n) is 5.27. The summed E-state index contributed by atoms with van der Waals surface area (Å²) in [5.41, 5.74) is -0.00510. The fraction of sp³-hybridized carbons (Fsp3) is 0.364. The highest BCUT2D eigenvalue weighted by Crippen LogP contribution is 2.23. The van der Waals surface area contributed by atoms with E-state index in [2.05, 4.69) is 0 Å². The van der Waals surface area contributed by atoms with Gasteiger partial charge in [0.25, 0.3) is 9.05 Å². The maximum absolute atomic E-state index is 11.7. The van der Waals surface area contributed by atoms with Crippen molar-refractivity contribution in [2.45, 2.75) is 24.7 Å². The Balaban J connectivity index is 2.97. The number of rotatable bonds is 5. The van der Waals surface area contributed by atoms with Gasteiger partial charge in [-0.05, 0) is 24.6 Å². The van der Waals surface area contributed by atoms with Gasteiger partial charge in [-0.15, -0.1) is 0 Å². The summed E-state index contributed by atoms with van der Waals surface area (Å²) in [6, 6.07) is 3.64. The lowest BCUT2D eigenvalue weighted by molar-refractivity contribution is 0.0499. The van der Waals surface area contributed by atoms with Gasteiger partial charge < -0.3 is 4.74 Å². The zero-order valence-electron chi connectivity index (χ0n) is 9.65. The molecule has 0 heterocycles. The summed E-state index contributed by atoms with van der Waals surface area (Å²) in [5.74, 6) is -0.657. The highest BCUT2D eigenvalue weighted by atomic mass is 35.7. The van der Waals surface area contributed by atoms with E-state index in [0.717, 1.165) is 18.9 Å². The topological polar surface area (TPSA) is 60.4 Å². The van der Waals surface area contributed by atoms with E-state index in [0.29, 0.717) is 0 Å². The second kappa shape index (κ2) is 6.41. The van der Waals surface area contributed by atoms with Crippen molar-refractivity contribution in [3.8, 4) is 0 Å². The van der Waals surface area contributed by atoms with Gasteiger partial charge in [0.2, 0.25) is 0 Å². The van der Waals surface area contributed by atoms with Crippen molar-refractivity contribution in [2.24, 2.45) is 0 Å². The molecule has 4 nitrogen and oxygen atoms in total.